The molecule has 0 atom stereocenters. The van der Waals surface area contributed by atoms with Gasteiger partial charge in [0, 0.05) is 24.8 Å². The first-order chi connectivity index (χ1) is 12.7. The number of benzene rings is 2. The van der Waals surface area contributed by atoms with Crippen molar-refractivity contribution in [1.29, 1.82) is 0 Å². The first kappa shape index (κ1) is 16.1. The number of rotatable bonds is 4. The molecule has 0 saturated heterocycles. The zero-order chi connectivity index (χ0) is 17.9. The number of hydrogen-bond donors (Lipinski definition) is 2. The van der Waals surface area contributed by atoms with E-state index in [-0.39, 0.29) is 5.91 Å². The van der Waals surface area contributed by atoms with Crippen LogP contribution in [0.5, 0.6) is 0 Å². The normalized spacial score (nSPS) is 12.7. The number of nitrogen functional groups attached to an aromatic ring is 1. The van der Waals surface area contributed by atoms with E-state index < -0.39 is 0 Å². The van der Waals surface area contributed by atoms with Gasteiger partial charge >= 0.3 is 0 Å². The molecule has 5 nitrogen and oxygen atoms in total. The van der Waals surface area contributed by atoms with Crippen molar-refractivity contribution in [3.8, 4) is 0 Å². The van der Waals surface area contributed by atoms with Gasteiger partial charge in [-0.05, 0) is 47.9 Å². The van der Waals surface area contributed by atoms with E-state index in [9.17, 15) is 4.79 Å². The Balaban J connectivity index is 1.44. The monoisotopic (exact) mass is 344 g/mol. The molecule has 1 aromatic heterocycles. The number of fused-ring (bicyclic) bond motifs is 1. The summed E-state index contributed by atoms with van der Waals surface area (Å²) in [4.78, 5) is 19.2. The zero-order valence-corrected chi connectivity index (χ0v) is 14.4. The number of nitrogens with zero attached hydrogens (tertiary/aromatic N) is 2. The molecule has 1 aliphatic heterocycles. The van der Waals surface area contributed by atoms with Crippen molar-refractivity contribution in [3.63, 3.8) is 0 Å². The van der Waals surface area contributed by atoms with Crippen molar-refractivity contribution >= 4 is 23.1 Å². The van der Waals surface area contributed by atoms with E-state index in [1.165, 1.54) is 5.56 Å². The molecule has 3 N–H and O–H groups in total. The molecule has 130 valence electrons. The smallest absolute Gasteiger partial charge is 0.255 e. The van der Waals surface area contributed by atoms with Gasteiger partial charge < -0.3 is 16.0 Å². The highest BCUT2D eigenvalue weighted by Crippen LogP contribution is 2.26. The largest absolute Gasteiger partial charge is 0.397 e. The third kappa shape index (κ3) is 3.24. The minimum Gasteiger partial charge on any atom is -0.397 e. The number of nitrogens with two attached hydrogens (primary N) is 1. The van der Waals surface area contributed by atoms with Gasteiger partial charge in [-0.2, -0.15) is 0 Å². The van der Waals surface area contributed by atoms with E-state index in [0.717, 1.165) is 30.9 Å². The van der Waals surface area contributed by atoms with Gasteiger partial charge in [0.15, 0.2) is 0 Å². The van der Waals surface area contributed by atoms with E-state index >= 15 is 0 Å². The summed E-state index contributed by atoms with van der Waals surface area (Å²) in [6.45, 7) is 1.76. The Morgan fingerprint density at radius 3 is 2.69 bits per heavy atom. The molecule has 1 aliphatic rings. The standard InChI is InChI=1S/C21H20N4O/c22-18-5-1-2-6-19(18)24-21(26)17-9-7-15(8-10-17)14-25-13-11-16-4-3-12-23-20(16)25/h1-10,12H,11,13-14,22H2,(H,24,26). The Morgan fingerprint density at radius 1 is 1.08 bits per heavy atom. The maximum absolute atomic E-state index is 12.4. The highest BCUT2D eigenvalue weighted by molar-refractivity contribution is 6.05. The van der Waals surface area contributed by atoms with E-state index in [2.05, 4.69) is 21.3 Å². The number of amides is 1. The predicted octanol–water partition coefficient (Wildman–Crippen LogP) is 3.48. The van der Waals surface area contributed by atoms with Gasteiger partial charge in [0.25, 0.3) is 5.91 Å². The van der Waals surface area contributed by atoms with Crippen molar-refractivity contribution in [1.82, 2.24) is 4.98 Å². The number of anilines is 3. The van der Waals surface area contributed by atoms with Gasteiger partial charge in [-0.3, -0.25) is 4.79 Å². The summed E-state index contributed by atoms with van der Waals surface area (Å²) in [6.07, 6.45) is 2.86. The molecule has 5 heteroatoms. The van der Waals surface area contributed by atoms with Crippen LogP contribution in [-0.4, -0.2) is 17.4 Å². The molecule has 3 aromatic rings. The topological polar surface area (TPSA) is 71.2 Å². The van der Waals surface area contributed by atoms with Crippen LogP contribution < -0.4 is 16.0 Å². The maximum atomic E-state index is 12.4. The van der Waals surface area contributed by atoms with Crippen molar-refractivity contribution < 1.29 is 4.79 Å². The lowest BCUT2D eigenvalue weighted by molar-refractivity contribution is 0.102. The Hall–Kier alpha value is -3.34. The molecule has 0 fully saturated rings. The quantitative estimate of drug-likeness (QED) is 0.711. The zero-order valence-electron chi connectivity index (χ0n) is 14.4. The average molecular weight is 344 g/mol. The number of pyridine rings is 1. The molecular weight excluding hydrogens is 324 g/mol. The molecule has 26 heavy (non-hydrogen) atoms. The molecule has 0 radical (unpaired) electrons. The number of hydrogen-bond acceptors (Lipinski definition) is 4. The number of nitrogens with one attached hydrogen (secondary N) is 1. The van der Waals surface area contributed by atoms with Gasteiger partial charge in [0.1, 0.15) is 5.82 Å². The molecule has 2 aromatic carbocycles. The lowest BCUT2D eigenvalue weighted by Gasteiger charge is -2.18. The molecule has 1 amide bonds. The van der Waals surface area contributed by atoms with Gasteiger partial charge in [-0.1, -0.05) is 30.3 Å². The summed E-state index contributed by atoms with van der Waals surface area (Å²) in [6, 6.07) is 19.0. The van der Waals surface area contributed by atoms with Crippen LogP contribution in [-0.2, 0) is 13.0 Å². The van der Waals surface area contributed by atoms with E-state index in [1.807, 2.05) is 48.7 Å². The minimum atomic E-state index is -0.164. The van der Waals surface area contributed by atoms with Gasteiger partial charge in [0.05, 0.1) is 11.4 Å². The molecule has 2 heterocycles. The van der Waals surface area contributed by atoms with Crippen LogP contribution in [0.4, 0.5) is 17.2 Å². The summed E-state index contributed by atoms with van der Waals surface area (Å²) in [7, 11) is 0. The van der Waals surface area contributed by atoms with Gasteiger partial charge in [0.2, 0.25) is 0 Å². The molecule has 0 unspecified atom stereocenters. The fraction of sp³-hybridized carbons (Fsp3) is 0.143. The Bertz CT molecular complexity index is 937. The van der Waals surface area contributed by atoms with Crippen LogP contribution in [0.1, 0.15) is 21.5 Å². The summed E-state index contributed by atoms with van der Waals surface area (Å²) >= 11 is 0. The molecular formula is C21H20N4O. The number of carbonyl (C=O) groups excluding carboxylic acids is 1. The van der Waals surface area contributed by atoms with Crippen LogP contribution in [0, 0.1) is 0 Å². The highest BCUT2D eigenvalue weighted by atomic mass is 16.1. The molecule has 0 aliphatic carbocycles. The molecule has 4 rings (SSSR count). The maximum Gasteiger partial charge on any atom is 0.255 e. The van der Waals surface area contributed by atoms with Crippen molar-refractivity contribution in [2.75, 3.05) is 22.5 Å². The SMILES string of the molecule is Nc1ccccc1NC(=O)c1ccc(CN2CCc3cccnc32)cc1. The second-order valence-electron chi connectivity index (χ2n) is 6.40. The van der Waals surface area contributed by atoms with Crippen LogP contribution in [0.25, 0.3) is 0 Å². The summed E-state index contributed by atoms with van der Waals surface area (Å²) in [5.41, 5.74) is 10.1. The third-order valence-electron chi connectivity index (χ3n) is 4.62. The van der Waals surface area contributed by atoms with Crippen LogP contribution in [0.2, 0.25) is 0 Å². The van der Waals surface area contributed by atoms with Crippen LogP contribution >= 0.6 is 0 Å². The minimum absolute atomic E-state index is 0.164. The van der Waals surface area contributed by atoms with Crippen molar-refractivity contribution in [2.45, 2.75) is 13.0 Å². The molecule has 0 spiro atoms. The molecule has 0 bridgehead atoms. The number of para-hydroxylation sites is 2. The predicted molar refractivity (Wildman–Crippen MR) is 104 cm³/mol. The Kier molecular flexibility index (Phi) is 4.27. The number of aromatic nitrogens is 1. The first-order valence-electron chi connectivity index (χ1n) is 8.64. The van der Waals surface area contributed by atoms with Gasteiger partial charge in [-0.15, -0.1) is 0 Å². The fourth-order valence-electron chi connectivity index (χ4n) is 3.21. The van der Waals surface area contributed by atoms with Crippen molar-refractivity contribution in [3.05, 3.63) is 83.6 Å². The van der Waals surface area contributed by atoms with Crippen LogP contribution in [0.15, 0.2) is 66.9 Å². The van der Waals surface area contributed by atoms with E-state index in [4.69, 9.17) is 5.73 Å². The lowest BCUT2D eigenvalue weighted by Crippen LogP contribution is -2.20. The number of carbonyl (C=O) groups is 1. The lowest BCUT2D eigenvalue weighted by atomic mass is 10.1. The second-order valence-corrected chi connectivity index (χ2v) is 6.40. The van der Waals surface area contributed by atoms with Crippen LogP contribution in [0.3, 0.4) is 0 Å². The Labute approximate surface area is 152 Å². The Morgan fingerprint density at radius 2 is 1.88 bits per heavy atom. The first-order valence-corrected chi connectivity index (χ1v) is 8.64. The van der Waals surface area contributed by atoms with E-state index in [1.54, 1.807) is 12.1 Å². The third-order valence-corrected chi connectivity index (χ3v) is 4.62. The summed E-state index contributed by atoms with van der Waals surface area (Å²) < 4.78 is 0. The second kappa shape index (κ2) is 6.88. The molecule has 0 saturated carbocycles. The van der Waals surface area contributed by atoms with E-state index in [0.29, 0.717) is 16.9 Å². The van der Waals surface area contributed by atoms with Gasteiger partial charge in [-0.25, -0.2) is 4.98 Å². The highest BCUT2D eigenvalue weighted by Gasteiger charge is 2.19. The fourth-order valence-corrected chi connectivity index (χ4v) is 3.21. The summed E-state index contributed by atoms with van der Waals surface area (Å²) in [5.74, 6) is 0.900. The average Bonchev–Trinajstić information content (AvgIpc) is 3.07. The summed E-state index contributed by atoms with van der Waals surface area (Å²) in [5, 5.41) is 2.85. The van der Waals surface area contributed by atoms with Crippen molar-refractivity contribution in [2.24, 2.45) is 0 Å².